The molecule has 4 rings (SSSR count). The number of fused-ring (bicyclic) bond motifs is 1. The molecule has 2 heterocycles. The van der Waals surface area contributed by atoms with Crippen LogP contribution in [0.15, 0.2) is 54.6 Å². The van der Waals surface area contributed by atoms with E-state index in [4.69, 9.17) is 0 Å². The van der Waals surface area contributed by atoms with Crippen LogP contribution in [0, 0.1) is 0 Å². The molecule has 1 aliphatic heterocycles. The van der Waals surface area contributed by atoms with Crippen molar-refractivity contribution in [3.63, 3.8) is 0 Å². The summed E-state index contributed by atoms with van der Waals surface area (Å²) >= 11 is 0. The highest BCUT2D eigenvalue weighted by Crippen LogP contribution is 2.17. The van der Waals surface area contributed by atoms with Gasteiger partial charge in [0.2, 0.25) is 5.91 Å². The second-order valence-corrected chi connectivity index (χ2v) is 8.55. The van der Waals surface area contributed by atoms with Crippen LogP contribution in [0.3, 0.4) is 0 Å². The van der Waals surface area contributed by atoms with E-state index in [1.807, 2.05) is 30.3 Å². The Morgan fingerprint density at radius 1 is 0.968 bits per heavy atom. The minimum Gasteiger partial charge on any atom is -0.349 e. The van der Waals surface area contributed by atoms with E-state index >= 15 is 0 Å². The van der Waals surface area contributed by atoms with Gasteiger partial charge in [-0.05, 0) is 22.6 Å². The first-order valence-corrected chi connectivity index (χ1v) is 11.1. The summed E-state index contributed by atoms with van der Waals surface area (Å²) in [5.74, 6) is 2.40. The van der Waals surface area contributed by atoms with Crippen LogP contribution in [-0.2, 0) is 37.3 Å². The topological polar surface area (TPSA) is 63.1 Å². The SMILES string of the molecule is CC(C)c1ccc(CN2CCc3nnc(CNC(=O)Cc4ccccc4)n3CC2)cc1. The molecule has 0 spiro atoms. The number of nitrogens with one attached hydrogen (secondary N) is 1. The van der Waals surface area contributed by atoms with Crippen LogP contribution in [0.5, 0.6) is 0 Å². The van der Waals surface area contributed by atoms with Gasteiger partial charge in [0.15, 0.2) is 5.82 Å². The maximum Gasteiger partial charge on any atom is 0.224 e. The van der Waals surface area contributed by atoms with Crippen molar-refractivity contribution in [3.05, 3.63) is 82.9 Å². The molecule has 1 N–H and O–H groups in total. The normalized spacial score (nSPS) is 14.3. The summed E-state index contributed by atoms with van der Waals surface area (Å²) in [6, 6.07) is 18.8. The van der Waals surface area contributed by atoms with Gasteiger partial charge in [-0.25, -0.2) is 0 Å². The molecule has 31 heavy (non-hydrogen) atoms. The number of hydrogen-bond donors (Lipinski definition) is 1. The number of carbonyl (C=O) groups excluding carboxylic acids is 1. The smallest absolute Gasteiger partial charge is 0.224 e. The third kappa shape index (κ3) is 5.58. The number of nitrogens with zero attached hydrogens (tertiary/aromatic N) is 4. The number of aromatic nitrogens is 3. The second kappa shape index (κ2) is 9.88. The summed E-state index contributed by atoms with van der Waals surface area (Å²) < 4.78 is 2.17. The molecule has 0 radical (unpaired) electrons. The molecule has 0 fully saturated rings. The molecule has 0 saturated carbocycles. The molecule has 1 aliphatic rings. The largest absolute Gasteiger partial charge is 0.349 e. The zero-order chi connectivity index (χ0) is 21.6. The van der Waals surface area contributed by atoms with E-state index in [1.165, 1.54) is 11.1 Å². The third-order valence-corrected chi connectivity index (χ3v) is 5.90. The molecular formula is C25H31N5O. The monoisotopic (exact) mass is 417 g/mol. The average Bonchev–Trinajstić information content (AvgIpc) is 3.06. The van der Waals surface area contributed by atoms with Crippen molar-refractivity contribution in [1.29, 1.82) is 0 Å². The molecule has 162 valence electrons. The summed E-state index contributed by atoms with van der Waals surface area (Å²) in [5, 5.41) is 11.7. The van der Waals surface area contributed by atoms with Gasteiger partial charge in [-0.3, -0.25) is 9.69 Å². The Morgan fingerprint density at radius 3 is 2.48 bits per heavy atom. The fourth-order valence-electron chi connectivity index (χ4n) is 4.00. The Labute approximate surface area is 184 Å². The van der Waals surface area contributed by atoms with Crippen molar-refractivity contribution in [2.75, 3.05) is 13.1 Å². The van der Waals surface area contributed by atoms with Crippen molar-refractivity contribution >= 4 is 5.91 Å². The number of hydrogen-bond acceptors (Lipinski definition) is 4. The third-order valence-electron chi connectivity index (χ3n) is 5.90. The highest BCUT2D eigenvalue weighted by Gasteiger charge is 2.19. The molecule has 0 aliphatic carbocycles. The van der Waals surface area contributed by atoms with E-state index < -0.39 is 0 Å². The van der Waals surface area contributed by atoms with Crippen LogP contribution in [0.2, 0.25) is 0 Å². The zero-order valence-electron chi connectivity index (χ0n) is 18.4. The Morgan fingerprint density at radius 2 is 1.74 bits per heavy atom. The Bertz CT molecular complexity index is 995. The highest BCUT2D eigenvalue weighted by molar-refractivity contribution is 5.78. The minimum absolute atomic E-state index is 0.00337. The van der Waals surface area contributed by atoms with Crippen molar-refractivity contribution in [3.8, 4) is 0 Å². The van der Waals surface area contributed by atoms with E-state index in [2.05, 4.69) is 63.1 Å². The summed E-state index contributed by atoms with van der Waals surface area (Å²) in [5.41, 5.74) is 3.73. The lowest BCUT2D eigenvalue weighted by Gasteiger charge is -2.20. The first-order valence-electron chi connectivity index (χ1n) is 11.1. The Kier molecular flexibility index (Phi) is 6.77. The van der Waals surface area contributed by atoms with Gasteiger partial charge in [0, 0.05) is 32.6 Å². The van der Waals surface area contributed by atoms with Crippen molar-refractivity contribution in [2.24, 2.45) is 0 Å². The summed E-state index contributed by atoms with van der Waals surface area (Å²) in [4.78, 5) is 14.8. The lowest BCUT2D eigenvalue weighted by molar-refractivity contribution is -0.120. The molecule has 2 aromatic carbocycles. The van der Waals surface area contributed by atoms with Crippen LogP contribution >= 0.6 is 0 Å². The molecule has 0 bridgehead atoms. The van der Waals surface area contributed by atoms with Gasteiger partial charge in [0.05, 0.1) is 13.0 Å². The fourth-order valence-corrected chi connectivity index (χ4v) is 4.00. The van der Waals surface area contributed by atoms with Crippen molar-refractivity contribution in [2.45, 2.75) is 52.2 Å². The van der Waals surface area contributed by atoms with E-state index in [9.17, 15) is 4.79 Å². The van der Waals surface area contributed by atoms with Gasteiger partial charge in [-0.1, -0.05) is 68.4 Å². The van der Waals surface area contributed by atoms with E-state index in [-0.39, 0.29) is 5.91 Å². The van der Waals surface area contributed by atoms with Crippen LogP contribution in [0.1, 0.15) is 48.1 Å². The lowest BCUT2D eigenvalue weighted by Crippen LogP contribution is -2.28. The number of carbonyl (C=O) groups is 1. The zero-order valence-corrected chi connectivity index (χ0v) is 18.4. The van der Waals surface area contributed by atoms with Gasteiger partial charge >= 0.3 is 0 Å². The maximum atomic E-state index is 12.3. The number of amides is 1. The molecule has 1 amide bonds. The summed E-state index contributed by atoms with van der Waals surface area (Å²) in [7, 11) is 0. The standard InChI is InChI=1S/C25H31N5O/c1-19(2)22-10-8-21(9-11-22)18-29-13-12-23-27-28-24(30(23)15-14-29)17-26-25(31)16-20-6-4-3-5-7-20/h3-11,19H,12-18H2,1-2H3,(H,26,31). The number of benzene rings is 2. The second-order valence-electron chi connectivity index (χ2n) is 8.55. The van der Waals surface area contributed by atoms with Crippen LogP contribution in [-0.4, -0.2) is 38.7 Å². The molecule has 1 aromatic heterocycles. The van der Waals surface area contributed by atoms with Gasteiger partial charge in [-0.15, -0.1) is 10.2 Å². The van der Waals surface area contributed by atoms with Crippen molar-refractivity contribution < 1.29 is 4.79 Å². The highest BCUT2D eigenvalue weighted by atomic mass is 16.1. The average molecular weight is 418 g/mol. The molecule has 6 nitrogen and oxygen atoms in total. The quantitative estimate of drug-likeness (QED) is 0.641. The van der Waals surface area contributed by atoms with Gasteiger partial charge < -0.3 is 9.88 Å². The van der Waals surface area contributed by atoms with Gasteiger partial charge in [0.1, 0.15) is 5.82 Å². The molecule has 0 atom stereocenters. The van der Waals surface area contributed by atoms with Crippen LogP contribution in [0.4, 0.5) is 0 Å². The van der Waals surface area contributed by atoms with Gasteiger partial charge in [-0.2, -0.15) is 0 Å². The molecule has 0 unspecified atom stereocenters. The van der Waals surface area contributed by atoms with Crippen molar-refractivity contribution in [1.82, 2.24) is 25.0 Å². The predicted molar refractivity (Wildman–Crippen MR) is 122 cm³/mol. The predicted octanol–water partition coefficient (Wildman–Crippen LogP) is 3.32. The lowest BCUT2D eigenvalue weighted by atomic mass is 10.0. The Hall–Kier alpha value is -2.99. The maximum absolute atomic E-state index is 12.3. The van der Waals surface area contributed by atoms with E-state index in [0.717, 1.165) is 49.8 Å². The Balaban J connectivity index is 1.31. The minimum atomic E-state index is 0.00337. The van der Waals surface area contributed by atoms with Crippen LogP contribution in [0.25, 0.3) is 0 Å². The fraction of sp³-hybridized carbons (Fsp3) is 0.400. The molecular weight excluding hydrogens is 386 g/mol. The van der Waals surface area contributed by atoms with E-state index in [0.29, 0.717) is 18.9 Å². The first-order chi connectivity index (χ1) is 15.1. The van der Waals surface area contributed by atoms with Gasteiger partial charge in [0.25, 0.3) is 0 Å². The summed E-state index contributed by atoms with van der Waals surface area (Å²) in [6.45, 7) is 8.56. The van der Waals surface area contributed by atoms with E-state index in [1.54, 1.807) is 0 Å². The first kappa shape index (κ1) is 21.2. The molecule has 3 aromatic rings. The summed E-state index contributed by atoms with van der Waals surface area (Å²) in [6.07, 6.45) is 1.25. The molecule has 0 saturated heterocycles. The van der Waals surface area contributed by atoms with Crippen LogP contribution < -0.4 is 5.32 Å². The number of rotatable bonds is 7. The molecule has 6 heteroatoms.